The fourth-order valence-electron chi connectivity index (χ4n) is 2.85. The summed E-state index contributed by atoms with van der Waals surface area (Å²) in [6.07, 6.45) is 2.99. The van der Waals surface area contributed by atoms with Gasteiger partial charge in [-0.05, 0) is 30.3 Å². The van der Waals surface area contributed by atoms with E-state index < -0.39 is 15.0 Å². The summed E-state index contributed by atoms with van der Waals surface area (Å²) in [5.41, 5.74) is 8.60. The Labute approximate surface area is 194 Å². The second kappa shape index (κ2) is 8.99. The molecule has 10 heteroatoms. The van der Waals surface area contributed by atoms with Crippen molar-refractivity contribution in [1.82, 2.24) is 9.97 Å². The van der Waals surface area contributed by atoms with Gasteiger partial charge in [-0.25, -0.2) is 8.42 Å². The quantitative estimate of drug-likeness (QED) is 0.225. The van der Waals surface area contributed by atoms with Gasteiger partial charge >= 0.3 is 29.6 Å². The molecular weight excluding hydrogens is 413 g/mol. The van der Waals surface area contributed by atoms with Crippen LogP contribution in [0, 0.1) is 0 Å². The summed E-state index contributed by atoms with van der Waals surface area (Å²) in [6, 6.07) is 17.3. The molecule has 2 aromatic heterocycles. The van der Waals surface area contributed by atoms with Gasteiger partial charge in [-0.1, -0.05) is 30.3 Å². The fraction of sp³-hybridized carbons (Fsp3) is 0. The number of hydrogen-bond acceptors (Lipinski definition) is 8. The summed E-state index contributed by atoms with van der Waals surface area (Å²) in [5, 5.41) is 8.23. The minimum atomic E-state index is -4.75. The smallest absolute Gasteiger partial charge is 0.744 e. The molecule has 144 valence electrons. The Morgan fingerprint density at radius 2 is 1.70 bits per heavy atom. The van der Waals surface area contributed by atoms with Crippen LogP contribution < -0.4 is 35.3 Å². The molecule has 2 heterocycles. The number of azo groups is 1. The van der Waals surface area contributed by atoms with Crippen LogP contribution in [0.2, 0.25) is 0 Å². The van der Waals surface area contributed by atoms with Gasteiger partial charge in [0.25, 0.3) is 0 Å². The molecule has 0 bridgehead atoms. The van der Waals surface area contributed by atoms with E-state index in [0.29, 0.717) is 5.69 Å². The number of hydrogen-bond donors (Lipinski definition) is 1. The van der Waals surface area contributed by atoms with Crippen LogP contribution >= 0.6 is 0 Å². The van der Waals surface area contributed by atoms with Gasteiger partial charge in [-0.3, -0.25) is 9.97 Å². The monoisotopic (exact) mass is 427 g/mol. The van der Waals surface area contributed by atoms with E-state index in [1.54, 1.807) is 12.1 Å². The van der Waals surface area contributed by atoms with Crippen molar-refractivity contribution in [2.45, 2.75) is 4.90 Å². The number of pyridine rings is 2. The number of aromatic nitrogens is 2. The second-order valence-electron chi connectivity index (χ2n) is 6.13. The van der Waals surface area contributed by atoms with Gasteiger partial charge in [0.2, 0.25) is 0 Å². The Morgan fingerprint density at radius 1 is 0.933 bits per heavy atom. The molecule has 2 N–H and O–H groups in total. The average Bonchev–Trinajstić information content (AvgIpc) is 2.73. The summed E-state index contributed by atoms with van der Waals surface area (Å²) in [4.78, 5) is 7.98. The zero-order valence-electron chi connectivity index (χ0n) is 15.9. The largest absolute Gasteiger partial charge is 1.00 e. The molecule has 0 aliphatic rings. The van der Waals surface area contributed by atoms with Crippen molar-refractivity contribution < 1.29 is 42.5 Å². The van der Waals surface area contributed by atoms with E-state index in [9.17, 15) is 13.0 Å². The van der Waals surface area contributed by atoms with Crippen LogP contribution in [0.3, 0.4) is 0 Å². The molecule has 0 saturated heterocycles. The molecule has 8 nitrogen and oxygen atoms in total. The molecule has 0 fully saturated rings. The van der Waals surface area contributed by atoms with Crippen molar-refractivity contribution in [1.29, 1.82) is 0 Å². The fourth-order valence-corrected chi connectivity index (χ4v) is 3.54. The number of benzene rings is 2. The summed E-state index contributed by atoms with van der Waals surface area (Å²) in [5.74, 6) is 0. The van der Waals surface area contributed by atoms with Gasteiger partial charge in [0.05, 0.1) is 28.0 Å². The number of rotatable bonds is 4. The Kier molecular flexibility index (Phi) is 6.59. The third-order valence-electron chi connectivity index (χ3n) is 4.23. The first-order valence-electron chi connectivity index (χ1n) is 8.50. The number of anilines is 1. The molecule has 4 rings (SSSR count). The van der Waals surface area contributed by atoms with Gasteiger partial charge in [0.1, 0.15) is 21.5 Å². The van der Waals surface area contributed by atoms with Gasteiger partial charge in [0.15, 0.2) is 0 Å². The molecule has 0 spiro atoms. The maximum absolute atomic E-state index is 11.7. The van der Waals surface area contributed by atoms with Crippen molar-refractivity contribution in [3.63, 3.8) is 0 Å². The molecule has 0 atom stereocenters. The zero-order chi connectivity index (χ0) is 20.4. The maximum atomic E-state index is 11.7. The van der Waals surface area contributed by atoms with E-state index in [2.05, 4.69) is 20.2 Å². The van der Waals surface area contributed by atoms with Crippen molar-refractivity contribution in [3.8, 4) is 11.3 Å². The first-order valence-corrected chi connectivity index (χ1v) is 9.90. The molecule has 0 radical (unpaired) electrons. The summed E-state index contributed by atoms with van der Waals surface area (Å²) in [7, 11) is -4.75. The van der Waals surface area contributed by atoms with Crippen LogP contribution in [0.25, 0.3) is 22.2 Å². The SMILES string of the molecule is Nc1c(N=Nc2ccc(-c3ccccc3)nc2)cc(S(=O)(=O)[O-])c2cccnc12.[Na+]. The third kappa shape index (κ3) is 4.55. The number of nitrogens with two attached hydrogens (primary N) is 1. The van der Waals surface area contributed by atoms with Gasteiger partial charge < -0.3 is 10.3 Å². The van der Waals surface area contributed by atoms with Crippen LogP contribution in [0.4, 0.5) is 17.1 Å². The van der Waals surface area contributed by atoms with Gasteiger partial charge in [-0.15, -0.1) is 10.2 Å². The topological polar surface area (TPSA) is 134 Å². The van der Waals surface area contributed by atoms with Crippen LogP contribution in [-0.2, 0) is 10.1 Å². The summed E-state index contributed by atoms with van der Waals surface area (Å²) in [6.45, 7) is 0. The van der Waals surface area contributed by atoms with Crippen LogP contribution in [-0.4, -0.2) is 22.9 Å². The van der Waals surface area contributed by atoms with E-state index in [4.69, 9.17) is 5.73 Å². The molecule has 0 amide bonds. The summed E-state index contributed by atoms with van der Waals surface area (Å²) < 4.78 is 35.0. The van der Waals surface area contributed by atoms with Gasteiger partial charge in [-0.2, -0.15) is 0 Å². The molecule has 0 unspecified atom stereocenters. The minimum Gasteiger partial charge on any atom is -0.744 e. The molecule has 0 aliphatic heterocycles. The Morgan fingerprint density at radius 3 is 2.37 bits per heavy atom. The van der Waals surface area contributed by atoms with E-state index in [1.807, 2.05) is 30.3 Å². The van der Waals surface area contributed by atoms with Crippen molar-refractivity contribution in [3.05, 3.63) is 73.1 Å². The van der Waals surface area contributed by atoms with E-state index in [-0.39, 0.29) is 51.8 Å². The number of nitrogen functional groups attached to an aromatic ring is 1. The molecule has 2 aromatic carbocycles. The van der Waals surface area contributed by atoms with Crippen molar-refractivity contribution >= 4 is 38.1 Å². The normalized spacial score (nSPS) is 11.5. The molecule has 30 heavy (non-hydrogen) atoms. The van der Waals surface area contributed by atoms with Gasteiger partial charge in [0, 0.05) is 17.1 Å². The molecule has 4 aromatic rings. The van der Waals surface area contributed by atoms with E-state index in [0.717, 1.165) is 17.3 Å². The maximum Gasteiger partial charge on any atom is 1.00 e. The molecular formula is C20H14N5NaO3S. The Hall–Kier alpha value is -2.69. The van der Waals surface area contributed by atoms with E-state index in [1.165, 1.54) is 24.5 Å². The molecule has 0 aliphatic carbocycles. The number of fused-ring (bicyclic) bond motifs is 1. The third-order valence-corrected chi connectivity index (χ3v) is 5.11. The Balaban J connectivity index is 0.00000256. The molecule has 0 saturated carbocycles. The Bertz CT molecular complexity index is 1330. The van der Waals surface area contributed by atoms with Crippen molar-refractivity contribution in [2.24, 2.45) is 10.2 Å². The van der Waals surface area contributed by atoms with Crippen LogP contribution in [0.15, 0.2) is 88.2 Å². The summed E-state index contributed by atoms with van der Waals surface area (Å²) >= 11 is 0. The standard InChI is InChI=1S/C20H15N5O3S.Na/c21-19-17(11-18(29(26,27)28)15-7-4-10-22-20(15)19)25-24-14-8-9-16(23-12-14)13-5-2-1-3-6-13;/h1-12H,21H2,(H,26,27,28);/q;+1/p-1. The van der Waals surface area contributed by atoms with E-state index >= 15 is 0 Å². The zero-order valence-corrected chi connectivity index (χ0v) is 18.7. The number of nitrogens with zero attached hydrogens (tertiary/aromatic N) is 4. The minimum absolute atomic E-state index is 0. The predicted molar refractivity (Wildman–Crippen MR) is 108 cm³/mol. The average molecular weight is 427 g/mol. The van der Waals surface area contributed by atoms with Crippen LogP contribution in [0.1, 0.15) is 0 Å². The second-order valence-corrected chi connectivity index (χ2v) is 7.48. The predicted octanol–water partition coefficient (Wildman–Crippen LogP) is 1.20. The van der Waals surface area contributed by atoms with Crippen molar-refractivity contribution in [2.75, 3.05) is 5.73 Å². The first kappa shape index (κ1) is 22.0. The first-order chi connectivity index (χ1) is 13.9. The van der Waals surface area contributed by atoms with Crippen LogP contribution in [0.5, 0.6) is 0 Å².